The number of imidazole rings is 1. The van der Waals surface area contributed by atoms with E-state index in [1.807, 2.05) is 10.8 Å². The first-order valence-corrected chi connectivity index (χ1v) is 10.5. The molecule has 0 aliphatic rings. The third kappa shape index (κ3) is 4.84. The Kier molecular flexibility index (Phi) is 6.56. The molecule has 2 heterocycles. The summed E-state index contributed by atoms with van der Waals surface area (Å²) in [7, 11) is 1.53. The van der Waals surface area contributed by atoms with Gasteiger partial charge in [-0.1, -0.05) is 17.7 Å². The van der Waals surface area contributed by atoms with Crippen LogP contribution in [0.2, 0.25) is 5.02 Å². The lowest BCUT2D eigenvalue weighted by Crippen LogP contribution is -2.07. The summed E-state index contributed by atoms with van der Waals surface area (Å²) in [4.78, 5) is 8.68. The Morgan fingerprint density at radius 1 is 1.19 bits per heavy atom. The van der Waals surface area contributed by atoms with Gasteiger partial charge in [-0.05, 0) is 48.4 Å². The first-order chi connectivity index (χ1) is 15.5. The molecule has 0 amide bonds. The van der Waals surface area contributed by atoms with Crippen LogP contribution in [0, 0.1) is 5.82 Å². The number of rotatable bonds is 8. The maximum Gasteiger partial charge on any atom is 0.132 e. The smallest absolute Gasteiger partial charge is 0.132 e. The van der Waals surface area contributed by atoms with Crippen molar-refractivity contribution in [2.75, 3.05) is 19.0 Å². The maximum absolute atomic E-state index is 14.6. The molecule has 164 valence electrons. The number of hydrogen-bond acceptors (Lipinski definition) is 5. The van der Waals surface area contributed by atoms with Gasteiger partial charge in [-0.2, -0.15) is 0 Å². The third-order valence-corrected chi connectivity index (χ3v) is 5.33. The number of aromatic nitrogens is 3. The van der Waals surface area contributed by atoms with E-state index in [1.54, 1.807) is 48.9 Å². The van der Waals surface area contributed by atoms with Gasteiger partial charge < -0.3 is 19.7 Å². The van der Waals surface area contributed by atoms with Gasteiger partial charge in [-0.3, -0.25) is 0 Å². The van der Waals surface area contributed by atoms with E-state index in [0.717, 1.165) is 13.0 Å². The number of benzene rings is 2. The van der Waals surface area contributed by atoms with Crippen molar-refractivity contribution in [3.63, 3.8) is 0 Å². The highest BCUT2D eigenvalue weighted by atomic mass is 35.5. The second-order valence-electron chi connectivity index (χ2n) is 7.19. The molecule has 2 aromatic carbocycles. The number of aryl methyl sites for hydroxylation is 1. The maximum atomic E-state index is 14.6. The number of phenolic OH excluding ortho intramolecular Hbond substituents is 1. The predicted octanol–water partition coefficient (Wildman–Crippen LogP) is 5.62. The minimum absolute atomic E-state index is 0.0136. The minimum atomic E-state index is -0.431. The van der Waals surface area contributed by atoms with Gasteiger partial charge >= 0.3 is 0 Å². The van der Waals surface area contributed by atoms with Gasteiger partial charge in [0.2, 0.25) is 0 Å². The summed E-state index contributed by atoms with van der Waals surface area (Å²) < 4.78 is 21.8. The van der Waals surface area contributed by atoms with E-state index < -0.39 is 5.82 Å². The monoisotopic (exact) mass is 452 g/mol. The predicted molar refractivity (Wildman–Crippen MR) is 124 cm³/mol. The fourth-order valence-corrected chi connectivity index (χ4v) is 3.70. The fourth-order valence-electron chi connectivity index (χ4n) is 3.43. The number of aromatic hydroxyl groups is 1. The highest BCUT2D eigenvalue weighted by Crippen LogP contribution is 2.37. The van der Waals surface area contributed by atoms with E-state index in [2.05, 4.69) is 15.3 Å². The summed E-state index contributed by atoms with van der Waals surface area (Å²) in [5, 5.41) is 14.1. The van der Waals surface area contributed by atoms with Crippen molar-refractivity contribution in [1.29, 1.82) is 0 Å². The largest absolute Gasteiger partial charge is 0.507 e. The molecule has 32 heavy (non-hydrogen) atoms. The number of pyridine rings is 1. The molecule has 2 N–H and O–H groups in total. The molecule has 2 aromatic heterocycles. The topological polar surface area (TPSA) is 72.2 Å². The molecule has 4 rings (SSSR count). The lowest BCUT2D eigenvalue weighted by molar-refractivity contribution is 0.408. The van der Waals surface area contributed by atoms with Crippen molar-refractivity contribution in [3.05, 3.63) is 78.1 Å². The molecule has 0 atom stereocenters. The Morgan fingerprint density at radius 2 is 2.06 bits per heavy atom. The van der Waals surface area contributed by atoms with Gasteiger partial charge in [-0.15, -0.1) is 0 Å². The van der Waals surface area contributed by atoms with E-state index in [4.69, 9.17) is 16.3 Å². The van der Waals surface area contributed by atoms with Crippen LogP contribution < -0.4 is 10.1 Å². The number of anilines is 1. The molecule has 0 spiro atoms. The zero-order valence-electron chi connectivity index (χ0n) is 17.4. The van der Waals surface area contributed by atoms with Crippen LogP contribution >= 0.6 is 11.6 Å². The zero-order valence-corrected chi connectivity index (χ0v) is 18.2. The summed E-state index contributed by atoms with van der Waals surface area (Å²) in [6.45, 7) is 1.45. The van der Waals surface area contributed by atoms with Gasteiger partial charge in [0.15, 0.2) is 0 Å². The molecule has 0 bridgehead atoms. The Morgan fingerprint density at radius 3 is 2.78 bits per heavy atom. The molecule has 0 fully saturated rings. The summed E-state index contributed by atoms with van der Waals surface area (Å²) >= 11 is 6.31. The van der Waals surface area contributed by atoms with Crippen molar-refractivity contribution >= 4 is 17.4 Å². The first-order valence-electron chi connectivity index (χ1n) is 10.1. The Hall–Kier alpha value is -3.58. The number of nitrogens with one attached hydrogen (secondary N) is 1. The number of hydrogen-bond donors (Lipinski definition) is 2. The van der Waals surface area contributed by atoms with Crippen LogP contribution in [0.5, 0.6) is 11.5 Å². The standard InChI is InChI=1S/C24H22ClFN4O2/c1-32-17-6-7-18(22(31)14-17)21-12-16(24-19(25)4-2-5-20(24)26)13-23(29-21)28-8-3-10-30-11-9-27-15-30/h2,4-7,9,11-15,31H,3,8,10H2,1H3,(H,28,29). The van der Waals surface area contributed by atoms with Crippen LogP contribution in [0.15, 0.2) is 67.3 Å². The van der Waals surface area contributed by atoms with Gasteiger partial charge in [0, 0.05) is 42.7 Å². The van der Waals surface area contributed by atoms with Gasteiger partial charge in [0.1, 0.15) is 23.1 Å². The zero-order chi connectivity index (χ0) is 22.5. The molecule has 8 heteroatoms. The lowest BCUT2D eigenvalue weighted by atomic mass is 10.0. The summed E-state index contributed by atoms with van der Waals surface area (Å²) in [5.74, 6) is 0.662. The van der Waals surface area contributed by atoms with E-state index >= 15 is 0 Å². The van der Waals surface area contributed by atoms with Crippen LogP contribution in [0.1, 0.15) is 6.42 Å². The average molecular weight is 453 g/mol. The van der Waals surface area contributed by atoms with Gasteiger partial charge in [0.05, 0.1) is 24.2 Å². The number of ether oxygens (including phenoxy) is 1. The van der Waals surface area contributed by atoms with Crippen LogP contribution in [-0.2, 0) is 6.54 Å². The van der Waals surface area contributed by atoms with Crippen LogP contribution in [-0.4, -0.2) is 33.3 Å². The lowest BCUT2D eigenvalue weighted by Gasteiger charge is -2.14. The molecule has 0 aliphatic heterocycles. The third-order valence-electron chi connectivity index (χ3n) is 5.02. The summed E-state index contributed by atoms with van der Waals surface area (Å²) in [6, 6.07) is 13.0. The molecule has 4 aromatic rings. The molecular weight excluding hydrogens is 431 g/mol. The SMILES string of the molecule is COc1ccc(-c2cc(-c3c(F)cccc3Cl)cc(NCCCn3ccnc3)n2)c(O)c1. The van der Waals surface area contributed by atoms with Crippen LogP contribution in [0.3, 0.4) is 0 Å². The van der Waals surface area contributed by atoms with Crippen molar-refractivity contribution in [2.24, 2.45) is 0 Å². The quantitative estimate of drug-likeness (QED) is 0.339. The van der Waals surface area contributed by atoms with Gasteiger partial charge in [0.25, 0.3) is 0 Å². The van der Waals surface area contributed by atoms with Crippen molar-refractivity contribution < 1.29 is 14.2 Å². The summed E-state index contributed by atoms with van der Waals surface area (Å²) in [5.41, 5.74) is 1.83. The molecule has 0 unspecified atom stereocenters. The van der Waals surface area contributed by atoms with Crippen molar-refractivity contribution in [1.82, 2.24) is 14.5 Å². The molecule has 0 aliphatic carbocycles. The molecule has 6 nitrogen and oxygen atoms in total. The normalized spacial score (nSPS) is 10.8. The number of methoxy groups -OCH3 is 1. The molecule has 0 saturated heterocycles. The van der Waals surface area contributed by atoms with E-state index in [9.17, 15) is 9.50 Å². The number of phenols is 1. The minimum Gasteiger partial charge on any atom is -0.507 e. The highest BCUT2D eigenvalue weighted by molar-refractivity contribution is 6.33. The van der Waals surface area contributed by atoms with Crippen LogP contribution in [0.4, 0.5) is 10.2 Å². The second-order valence-corrected chi connectivity index (χ2v) is 7.59. The second kappa shape index (κ2) is 9.70. The molecule has 0 radical (unpaired) electrons. The average Bonchev–Trinajstić information content (AvgIpc) is 3.30. The van der Waals surface area contributed by atoms with Crippen molar-refractivity contribution in [3.8, 4) is 33.9 Å². The number of nitrogens with zero attached hydrogens (tertiary/aromatic N) is 3. The summed E-state index contributed by atoms with van der Waals surface area (Å²) in [6.07, 6.45) is 6.25. The Bertz CT molecular complexity index is 1190. The van der Waals surface area contributed by atoms with E-state index in [1.165, 1.54) is 19.2 Å². The van der Waals surface area contributed by atoms with Crippen molar-refractivity contribution in [2.45, 2.75) is 13.0 Å². The molecule has 0 saturated carbocycles. The highest BCUT2D eigenvalue weighted by Gasteiger charge is 2.15. The Labute approximate surface area is 190 Å². The van der Waals surface area contributed by atoms with E-state index in [-0.39, 0.29) is 11.3 Å². The number of halogens is 2. The Balaban J connectivity index is 1.68. The van der Waals surface area contributed by atoms with Gasteiger partial charge in [-0.25, -0.2) is 14.4 Å². The van der Waals surface area contributed by atoms with Crippen LogP contribution in [0.25, 0.3) is 22.4 Å². The molecular formula is C24H22ClFN4O2. The fraction of sp³-hybridized carbons (Fsp3) is 0.167. The first kappa shape index (κ1) is 21.6. The van der Waals surface area contributed by atoms with E-state index in [0.29, 0.717) is 40.0 Å².